The van der Waals surface area contributed by atoms with E-state index in [1.54, 1.807) is 23.9 Å². The largest absolute Gasteiger partial charge is 0.497 e. The summed E-state index contributed by atoms with van der Waals surface area (Å²) < 4.78 is 35.3. The molecule has 1 heterocycles. The first-order valence-electron chi connectivity index (χ1n) is 8.30. The van der Waals surface area contributed by atoms with E-state index in [-0.39, 0.29) is 10.9 Å². The summed E-state index contributed by atoms with van der Waals surface area (Å²) in [7, 11) is -2.16. The highest BCUT2D eigenvalue weighted by molar-refractivity contribution is 7.89. The fourth-order valence-corrected chi connectivity index (χ4v) is 2.95. The first-order chi connectivity index (χ1) is 12.9. The lowest BCUT2D eigenvalue weighted by atomic mass is 10.2. The summed E-state index contributed by atoms with van der Waals surface area (Å²) in [4.78, 5) is 4.49. The fourth-order valence-electron chi connectivity index (χ4n) is 2.43. The summed E-state index contributed by atoms with van der Waals surface area (Å²) in [6, 6.07) is 13.7. The third-order valence-corrected chi connectivity index (χ3v) is 4.71. The van der Waals surface area contributed by atoms with Crippen molar-refractivity contribution in [3.63, 3.8) is 0 Å². The quantitative estimate of drug-likeness (QED) is 0.665. The van der Waals surface area contributed by atoms with Crippen LogP contribution in [-0.4, -0.2) is 36.9 Å². The van der Waals surface area contributed by atoms with Crippen LogP contribution in [-0.2, 0) is 10.0 Å². The lowest BCUT2D eigenvalue weighted by molar-refractivity contribution is 0.292. The van der Waals surface area contributed by atoms with E-state index in [2.05, 4.69) is 10.1 Å². The first kappa shape index (κ1) is 18.9. The highest BCUT2D eigenvalue weighted by Gasteiger charge is 2.16. The predicted molar refractivity (Wildman–Crippen MR) is 101 cm³/mol. The highest BCUT2D eigenvalue weighted by Crippen LogP contribution is 2.26. The van der Waals surface area contributed by atoms with Gasteiger partial charge in [-0.15, -0.1) is 5.10 Å². The number of ether oxygens (including phenoxy) is 2. The number of sulfonamides is 1. The van der Waals surface area contributed by atoms with Gasteiger partial charge in [-0.1, -0.05) is 6.92 Å². The van der Waals surface area contributed by atoms with Crippen molar-refractivity contribution in [1.29, 1.82) is 0 Å². The predicted octanol–water partition coefficient (Wildman–Crippen LogP) is 2.38. The van der Waals surface area contributed by atoms with Crippen LogP contribution in [0.3, 0.4) is 0 Å². The lowest BCUT2D eigenvalue weighted by Gasteiger charge is -2.07. The number of aromatic nitrogens is 3. The Balaban J connectivity index is 2.05. The smallest absolute Gasteiger partial charge is 0.336 e. The molecule has 0 atom stereocenters. The van der Waals surface area contributed by atoms with Crippen molar-refractivity contribution in [3.8, 4) is 28.8 Å². The monoisotopic (exact) mass is 388 g/mol. The minimum absolute atomic E-state index is 0.0276. The van der Waals surface area contributed by atoms with E-state index in [0.29, 0.717) is 18.1 Å². The number of methoxy groups -OCH3 is 1. The Bertz CT molecular complexity index is 1010. The van der Waals surface area contributed by atoms with Crippen LogP contribution in [0.15, 0.2) is 53.4 Å². The summed E-state index contributed by atoms with van der Waals surface area (Å²) in [6.07, 6.45) is 0.829. The van der Waals surface area contributed by atoms with Gasteiger partial charge in [-0.2, -0.15) is 4.98 Å². The fraction of sp³-hybridized carbons (Fsp3) is 0.222. The van der Waals surface area contributed by atoms with Gasteiger partial charge < -0.3 is 9.47 Å². The van der Waals surface area contributed by atoms with Gasteiger partial charge in [-0.3, -0.25) is 0 Å². The van der Waals surface area contributed by atoms with E-state index >= 15 is 0 Å². The van der Waals surface area contributed by atoms with Gasteiger partial charge in [0.1, 0.15) is 5.75 Å². The normalized spacial score (nSPS) is 11.4. The van der Waals surface area contributed by atoms with Crippen molar-refractivity contribution in [1.82, 2.24) is 14.8 Å². The maximum Gasteiger partial charge on any atom is 0.336 e. The molecular formula is C18H20N4O4S. The van der Waals surface area contributed by atoms with Crippen molar-refractivity contribution < 1.29 is 17.9 Å². The summed E-state index contributed by atoms with van der Waals surface area (Å²) in [5, 5.41) is 9.56. The molecule has 0 saturated carbocycles. The van der Waals surface area contributed by atoms with Crippen LogP contribution < -0.4 is 14.6 Å². The van der Waals surface area contributed by atoms with E-state index in [4.69, 9.17) is 14.6 Å². The zero-order chi connectivity index (χ0) is 19.4. The van der Waals surface area contributed by atoms with E-state index < -0.39 is 10.0 Å². The third kappa shape index (κ3) is 4.26. The van der Waals surface area contributed by atoms with Gasteiger partial charge in [0.15, 0.2) is 5.82 Å². The molecule has 142 valence electrons. The van der Waals surface area contributed by atoms with Crippen LogP contribution >= 0.6 is 0 Å². The van der Waals surface area contributed by atoms with Gasteiger partial charge in [0.05, 0.1) is 24.3 Å². The second-order valence-electron chi connectivity index (χ2n) is 5.75. The Morgan fingerprint density at radius 1 is 1.07 bits per heavy atom. The Hall–Kier alpha value is -2.91. The standard InChI is InChI=1S/C18H20N4O4S/c1-3-12-26-18-20-17(13-4-8-15(25-2)9-5-13)22(21-18)14-6-10-16(11-7-14)27(19,23)24/h4-11H,3,12H2,1-2H3,(H2,19,23,24). The van der Waals surface area contributed by atoms with Crippen LogP contribution in [0.2, 0.25) is 0 Å². The Labute approximate surface area is 157 Å². The molecule has 0 radical (unpaired) electrons. The average Bonchev–Trinajstić information content (AvgIpc) is 3.10. The van der Waals surface area contributed by atoms with E-state index in [0.717, 1.165) is 17.7 Å². The van der Waals surface area contributed by atoms with Crippen LogP contribution in [0.4, 0.5) is 0 Å². The van der Waals surface area contributed by atoms with Gasteiger partial charge in [0.25, 0.3) is 0 Å². The van der Waals surface area contributed by atoms with Crippen molar-refractivity contribution in [2.24, 2.45) is 5.14 Å². The van der Waals surface area contributed by atoms with Gasteiger partial charge >= 0.3 is 6.01 Å². The number of rotatable bonds is 7. The van der Waals surface area contributed by atoms with E-state index in [1.165, 1.54) is 12.1 Å². The number of hydrogen-bond donors (Lipinski definition) is 1. The molecule has 2 N–H and O–H groups in total. The van der Waals surface area contributed by atoms with Gasteiger partial charge in [0.2, 0.25) is 10.0 Å². The lowest BCUT2D eigenvalue weighted by Crippen LogP contribution is -2.12. The zero-order valence-corrected chi connectivity index (χ0v) is 15.8. The molecule has 0 spiro atoms. The Morgan fingerprint density at radius 3 is 2.30 bits per heavy atom. The van der Waals surface area contributed by atoms with Gasteiger partial charge in [-0.05, 0) is 55.0 Å². The third-order valence-electron chi connectivity index (χ3n) is 3.78. The maximum absolute atomic E-state index is 11.5. The van der Waals surface area contributed by atoms with Gasteiger partial charge in [0, 0.05) is 5.56 Å². The molecule has 3 rings (SSSR count). The second kappa shape index (κ2) is 7.77. The number of nitrogens with zero attached hydrogens (tertiary/aromatic N) is 3. The minimum atomic E-state index is -3.76. The minimum Gasteiger partial charge on any atom is -0.497 e. The molecule has 0 amide bonds. The summed E-state index contributed by atoms with van der Waals surface area (Å²) in [6.45, 7) is 2.49. The van der Waals surface area contributed by atoms with Crippen molar-refractivity contribution in [2.45, 2.75) is 18.2 Å². The van der Waals surface area contributed by atoms with Crippen molar-refractivity contribution >= 4 is 10.0 Å². The zero-order valence-electron chi connectivity index (χ0n) is 15.0. The molecule has 0 unspecified atom stereocenters. The molecule has 3 aromatic rings. The number of nitrogens with two attached hydrogens (primary N) is 1. The van der Waals surface area contributed by atoms with Crippen LogP contribution in [0, 0.1) is 0 Å². The topological polar surface area (TPSA) is 109 Å². The van der Waals surface area contributed by atoms with Crippen molar-refractivity contribution in [2.75, 3.05) is 13.7 Å². The molecule has 0 bridgehead atoms. The van der Waals surface area contributed by atoms with Crippen molar-refractivity contribution in [3.05, 3.63) is 48.5 Å². The molecule has 2 aromatic carbocycles. The number of primary sulfonamides is 1. The summed E-state index contributed by atoms with van der Waals surface area (Å²) in [5.74, 6) is 1.29. The molecule has 9 heteroatoms. The SMILES string of the molecule is CCCOc1nc(-c2ccc(OC)cc2)n(-c2ccc(S(N)(=O)=O)cc2)n1. The van der Waals surface area contributed by atoms with Crippen LogP contribution in [0.25, 0.3) is 17.1 Å². The molecule has 0 aliphatic heterocycles. The Kier molecular flexibility index (Phi) is 5.43. The number of hydrogen-bond acceptors (Lipinski definition) is 6. The molecular weight excluding hydrogens is 368 g/mol. The summed E-state index contributed by atoms with van der Waals surface area (Å²) >= 11 is 0. The number of benzene rings is 2. The van der Waals surface area contributed by atoms with Gasteiger partial charge in [-0.25, -0.2) is 18.2 Å². The molecule has 8 nitrogen and oxygen atoms in total. The first-order valence-corrected chi connectivity index (χ1v) is 9.84. The van der Waals surface area contributed by atoms with Crippen LogP contribution in [0.5, 0.6) is 11.8 Å². The maximum atomic E-state index is 11.5. The molecule has 0 fully saturated rings. The molecule has 0 aliphatic rings. The molecule has 27 heavy (non-hydrogen) atoms. The van der Waals surface area contributed by atoms with E-state index in [9.17, 15) is 8.42 Å². The second-order valence-corrected chi connectivity index (χ2v) is 7.31. The molecule has 0 aliphatic carbocycles. The van der Waals surface area contributed by atoms with Crippen LogP contribution in [0.1, 0.15) is 13.3 Å². The average molecular weight is 388 g/mol. The Morgan fingerprint density at radius 2 is 1.74 bits per heavy atom. The highest BCUT2D eigenvalue weighted by atomic mass is 32.2. The van der Waals surface area contributed by atoms with E-state index in [1.807, 2.05) is 31.2 Å². The molecule has 0 saturated heterocycles. The molecule has 1 aromatic heterocycles. The summed E-state index contributed by atoms with van der Waals surface area (Å²) in [5.41, 5.74) is 1.44.